The van der Waals surface area contributed by atoms with Gasteiger partial charge in [-0.1, -0.05) is 63.2 Å². The predicted molar refractivity (Wildman–Crippen MR) is 79.8 cm³/mol. The van der Waals surface area contributed by atoms with Gasteiger partial charge < -0.3 is 0 Å². The van der Waals surface area contributed by atoms with Gasteiger partial charge in [0.1, 0.15) is 0 Å². The first-order valence-corrected chi connectivity index (χ1v) is 6.85. The summed E-state index contributed by atoms with van der Waals surface area (Å²) in [6.45, 7) is 6.41. The Morgan fingerprint density at radius 3 is 2.26 bits per heavy atom. The van der Waals surface area contributed by atoms with Gasteiger partial charge in [-0.15, -0.1) is 0 Å². The third-order valence-electron chi connectivity index (χ3n) is 3.44. The molecule has 1 heteroatoms. The summed E-state index contributed by atoms with van der Waals surface area (Å²) in [5.41, 5.74) is 4.00. The molecule has 2 aromatic rings. The molecule has 0 radical (unpaired) electrons. The molecule has 0 spiro atoms. The van der Waals surface area contributed by atoms with E-state index in [1.165, 1.54) is 11.1 Å². The zero-order chi connectivity index (χ0) is 13.8. The van der Waals surface area contributed by atoms with Crippen molar-refractivity contribution in [2.24, 2.45) is 0 Å². The lowest BCUT2D eigenvalue weighted by Gasteiger charge is -2.07. The molecule has 0 N–H and O–H groups in total. The predicted octanol–water partition coefficient (Wildman–Crippen LogP) is 4.60. The smallest absolute Gasteiger partial charge is 0.193 e. The van der Waals surface area contributed by atoms with Gasteiger partial charge in [0.05, 0.1) is 0 Å². The van der Waals surface area contributed by atoms with E-state index in [9.17, 15) is 4.79 Å². The number of aryl methyl sites for hydroxylation is 1. The minimum Gasteiger partial charge on any atom is -0.289 e. The van der Waals surface area contributed by atoms with Crippen LogP contribution in [0.5, 0.6) is 0 Å². The van der Waals surface area contributed by atoms with Gasteiger partial charge in [0.15, 0.2) is 5.78 Å². The van der Waals surface area contributed by atoms with Crippen molar-refractivity contribution in [3.8, 4) is 0 Å². The maximum atomic E-state index is 12.4. The van der Waals surface area contributed by atoms with E-state index in [4.69, 9.17) is 0 Å². The molecule has 0 atom stereocenters. The monoisotopic (exact) mass is 252 g/mol. The molecule has 0 saturated heterocycles. The molecular weight excluding hydrogens is 232 g/mol. The average molecular weight is 252 g/mol. The Kier molecular flexibility index (Phi) is 4.16. The molecule has 2 rings (SSSR count). The SMILES string of the molecule is CCc1cccc(C(=O)c2ccc(C(C)C)cc2)c1. The van der Waals surface area contributed by atoms with Crippen LogP contribution in [-0.4, -0.2) is 5.78 Å². The number of benzene rings is 2. The number of rotatable bonds is 4. The Bertz CT molecular complexity index is 564. The molecule has 0 bridgehead atoms. The molecule has 0 heterocycles. The molecule has 0 amide bonds. The van der Waals surface area contributed by atoms with Crippen molar-refractivity contribution in [3.05, 3.63) is 70.8 Å². The second-order valence-electron chi connectivity index (χ2n) is 5.16. The molecule has 98 valence electrons. The Morgan fingerprint density at radius 2 is 1.68 bits per heavy atom. The van der Waals surface area contributed by atoms with Crippen LogP contribution in [0.2, 0.25) is 0 Å². The van der Waals surface area contributed by atoms with Crippen molar-refractivity contribution in [3.63, 3.8) is 0 Å². The molecule has 0 aliphatic heterocycles. The summed E-state index contributed by atoms with van der Waals surface area (Å²) in [6, 6.07) is 15.8. The number of hydrogen-bond acceptors (Lipinski definition) is 1. The largest absolute Gasteiger partial charge is 0.289 e. The summed E-state index contributed by atoms with van der Waals surface area (Å²) in [7, 11) is 0. The van der Waals surface area contributed by atoms with Gasteiger partial charge in [-0.25, -0.2) is 0 Å². The summed E-state index contributed by atoms with van der Waals surface area (Å²) >= 11 is 0. The Morgan fingerprint density at radius 1 is 1.00 bits per heavy atom. The lowest BCUT2D eigenvalue weighted by molar-refractivity contribution is 0.103. The summed E-state index contributed by atoms with van der Waals surface area (Å²) in [6.07, 6.45) is 0.952. The molecule has 2 aromatic carbocycles. The van der Waals surface area contributed by atoms with Crippen molar-refractivity contribution in [2.75, 3.05) is 0 Å². The van der Waals surface area contributed by atoms with E-state index in [0.717, 1.165) is 17.5 Å². The van der Waals surface area contributed by atoms with Gasteiger partial charge in [-0.05, 0) is 29.5 Å². The maximum absolute atomic E-state index is 12.4. The molecule has 1 nitrogen and oxygen atoms in total. The van der Waals surface area contributed by atoms with Gasteiger partial charge in [0.2, 0.25) is 0 Å². The first-order valence-electron chi connectivity index (χ1n) is 6.85. The summed E-state index contributed by atoms with van der Waals surface area (Å²) in [5, 5.41) is 0. The second-order valence-corrected chi connectivity index (χ2v) is 5.16. The zero-order valence-electron chi connectivity index (χ0n) is 11.8. The highest BCUT2D eigenvalue weighted by molar-refractivity contribution is 6.09. The second kappa shape index (κ2) is 5.83. The average Bonchev–Trinajstić information content (AvgIpc) is 2.46. The fraction of sp³-hybridized carbons (Fsp3) is 0.278. The lowest BCUT2D eigenvalue weighted by atomic mass is 9.97. The minimum atomic E-state index is 0.102. The van der Waals surface area contributed by atoms with E-state index in [1.54, 1.807) is 0 Å². The minimum absolute atomic E-state index is 0.102. The van der Waals surface area contributed by atoms with Crippen LogP contribution in [0.1, 0.15) is 53.7 Å². The molecule has 0 fully saturated rings. The lowest BCUT2D eigenvalue weighted by Crippen LogP contribution is -2.02. The fourth-order valence-electron chi connectivity index (χ4n) is 2.12. The van der Waals surface area contributed by atoms with E-state index < -0.39 is 0 Å². The standard InChI is InChI=1S/C18H20O/c1-4-14-6-5-7-17(12-14)18(19)16-10-8-15(9-11-16)13(2)3/h5-13H,4H2,1-3H3. The number of carbonyl (C=O) groups is 1. The number of hydrogen-bond donors (Lipinski definition) is 0. The van der Waals surface area contributed by atoms with E-state index in [1.807, 2.05) is 42.5 Å². The van der Waals surface area contributed by atoms with Crippen molar-refractivity contribution >= 4 is 5.78 Å². The topological polar surface area (TPSA) is 17.1 Å². The molecule has 19 heavy (non-hydrogen) atoms. The highest BCUT2D eigenvalue weighted by Crippen LogP contribution is 2.17. The van der Waals surface area contributed by atoms with Crippen LogP contribution in [0.25, 0.3) is 0 Å². The van der Waals surface area contributed by atoms with E-state index in [-0.39, 0.29) is 5.78 Å². The van der Waals surface area contributed by atoms with Crippen molar-refractivity contribution in [1.29, 1.82) is 0 Å². The maximum Gasteiger partial charge on any atom is 0.193 e. The molecule has 0 aliphatic carbocycles. The molecule has 0 unspecified atom stereocenters. The van der Waals surface area contributed by atoms with Crippen LogP contribution in [-0.2, 0) is 6.42 Å². The third kappa shape index (κ3) is 3.11. The van der Waals surface area contributed by atoms with Gasteiger partial charge in [0.25, 0.3) is 0 Å². The highest BCUT2D eigenvalue weighted by atomic mass is 16.1. The molecular formula is C18H20O. The van der Waals surface area contributed by atoms with Gasteiger partial charge in [0, 0.05) is 11.1 Å². The quantitative estimate of drug-likeness (QED) is 0.727. The summed E-state index contributed by atoms with van der Waals surface area (Å²) in [5.74, 6) is 0.596. The molecule has 0 saturated carbocycles. The highest BCUT2D eigenvalue weighted by Gasteiger charge is 2.09. The Hall–Kier alpha value is -1.89. The van der Waals surface area contributed by atoms with Gasteiger partial charge in [-0.2, -0.15) is 0 Å². The normalized spacial score (nSPS) is 10.7. The number of carbonyl (C=O) groups excluding carboxylic acids is 1. The summed E-state index contributed by atoms with van der Waals surface area (Å²) < 4.78 is 0. The Labute approximate surface area is 115 Å². The van der Waals surface area contributed by atoms with Crippen LogP contribution < -0.4 is 0 Å². The molecule has 0 aromatic heterocycles. The van der Waals surface area contributed by atoms with E-state index in [0.29, 0.717) is 5.92 Å². The van der Waals surface area contributed by atoms with Crippen LogP contribution >= 0.6 is 0 Å². The van der Waals surface area contributed by atoms with Crippen LogP contribution in [0.3, 0.4) is 0 Å². The van der Waals surface area contributed by atoms with Gasteiger partial charge >= 0.3 is 0 Å². The summed E-state index contributed by atoms with van der Waals surface area (Å²) in [4.78, 5) is 12.4. The molecule has 0 aliphatic rings. The van der Waals surface area contributed by atoms with Crippen LogP contribution in [0, 0.1) is 0 Å². The fourth-order valence-corrected chi connectivity index (χ4v) is 2.12. The Balaban J connectivity index is 2.28. The first kappa shape index (κ1) is 13.5. The first-order chi connectivity index (χ1) is 9.11. The van der Waals surface area contributed by atoms with Crippen LogP contribution in [0.15, 0.2) is 48.5 Å². The van der Waals surface area contributed by atoms with Gasteiger partial charge in [-0.3, -0.25) is 4.79 Å². The van der Waals surface area contributed by atoms with Crippen molar-refractivity contribution in [2.45, 2.75) is 33.1 Å². The number of ketones is 1. The van der Waals surface area contributed by atoms with Crippen molar-refractivity contribution in [1.82, 2.24) is 0 Å². The third-order valence-corrected chi connectivity index (χ3v) is 3.44. The van der Waals surface area contributed by atoms with E-state index in [2.05, 4.69) is 26.8 Å². The zero-order valence-corrected chi connectivity index (χ0v) is 11.8. The van der Waals surface area contributed by atoms with E-state index >= 15 is 0 Å². The van der Waals surface area contributed by atoms with Crippen molar-refractivity contribution < 1.29 is 4.79 Å². The van der Waals surface area contributed by atoms with Crippen LogP contribution in [0.4, 0.5) is 0 Å².